The van der Waals surface area contributed by atoms with Crippen LogP contribution in [0, 0.1) is 6.92 Å². The van der Waals surface area contributed by atoms with E-state index in [-0.39, 0.29) is 17.3 Å². The Bertz CT molecular complexity index is 499. The van der Waals surface area contributed by atoms with E-state index in [1.165, 1.54) is 26.4 Å². The zero-order chi connectivity index (χ0) is 15.1. The van der Waals surface area contributed by atoms with Crippen molar-refractivity contribution in [2.75, 3.05) is 14.2 Å². The van der Waals surface area contributed by atoms with Crippen molar-refractivity contribution < 1.29 is 33.7 Å². The molecule has 0 aliphatic carbocycles. The van der Waals surface area contributed by atoms with Gasteiger partial charge in [-0.25, -0.2) is 4.79 Å². The van der Waals surface area contributed by atoms with E-state index in [4.69, 9.17) is 24.2 Å². The summed E-state index contributed by atoms with van der Waals surface area (Å²) in [4.78, 5) is 11.5. The molecule has 2 N–H and O–H groups in total. The van der Waals surface area contributed by atoms with Crippen LogP contribution in [0.15, 0.2) is 30.2 Å². The molecule has 0 aromatic heterocycles. The Morgan fingerprint density at radius 3 is 2.55 bits per heavy atom. The maximum Gasteiger partial charge on any atom is 0.707 e. The van der Waals surface area contributed by atoms with Gasteiger partial charge < -0.3 is 28.9 Å². The number of carbonyl (C=O) groups excluding carboxylic acids is 1. The highest BCUT2D eigenvalue weighted by Gasteiger charge is 2.16. The largest absolute Gasteiger partial charge is 0.707 e. The van der Waals surface area contributed by atoms with Gasteiger partial charge in [-0.15, -0.1) is 0 Å². The molecule has 0 atom stereocenters. The first-order valence-corrected chi connectivity index (χ1v) is 5.60. The highest BCUT2D eigenvalue weighted by molar-refractivity contribution is 6.33. The Kier molecular flexibility index (Phi) is 5.88. The predicted octanol–water partition coefficient (Wildman–Crippen LogP) is 0.383. The van der Waals surface area contributed by atoms with Gasteiger partial charge in [0, 0.05) is 6.07 Å². The lowest BCUT2D eigenvalue weighted by molar-refractivity contribution is -0.138. The number of benzene rings is 1. The summed E-state index contributed by atoms with van der Waals surface area (Å²) in [5.41, 5.74) is 0.704. The summed E-state index contributed by atoms with van der Waals surface area (Å²) in [7, 11) is 0.630. The van der Waals surface area contributed by atoms with E-state index in [1.807, 2.05) is 0 Å². The van der Waals surface area contributed by atoms with Crippen molar-refractivity contribution in [1.29, 1.82) is 0 Å². The zero-order valence-corrected chi connectivity index (χ0v) is 11.3. The van der Waals surface area contributed by atoms with Crippen molar-refractivity contribution in [3.8, 4) is 11.5 Å². The van der Waals surface area contributed by atoms with Crippen molar-refractivity contribution in [3.05, 3.63) is 35.8 Å². The molecule has 1 aromatic carbocycles. The quantitative estimate of drug-likeness (QED) is 0.337. The summed E-state index contributed by atoms with van der Waals surface area (Å²) in [6, 6.07) is 4.56. The molecule has 0 aliphatic rings. The molecule has 0 spiro atoms. The topological polar surface area (TPSA) is 94.5 Å². The highest BCUT2D eigenvalue weighted by atomic mass is 16.6. The van der Waals surface area contributed by atoms with Gasteiger partial charge in [-0.3, -0.25) is 0 Å². The molecule has 8 heteroatoms. The fourth-order valence-electron chi connectivity index (χ4n) is 1.33. The standard InChI is InChI=1S/C12H15BO7/c1-8-4-5-9(20-13(15)16)6-10(8)19-11(7-17-2)12(14)18-3/h4-7,15-16H,1-3H3/b11-7-. The third kappa shape index (κ3) is 4.49. The summed E-state index contributed by atoms with van der Waals surface area (Å²) in [5.74, 6) is -0.404. The smallest absolute Gasteiger partial charge is 0.512 e. The molecule has 0 saturated carbocycles. The van der Waals surface area contributed by atoms with E-state index in [1.54, 1.807) is 13.0 Å². The SMILES string of the molecule is CO/C=C(\Oc1cc(OB(O)O)ccc1C)C(=O)OC. The first kappa shape index (κ1) is 15.9. The Morgan fingerprint density at radius 2 is 2.00 bits per heavy atom. The Morgan fingerprint density at radius 1 is 1.30 bits per heavy atom. The van der Waals surface area contributed by atoms with Gasteiger partial charge in [0.15, 0.2) is 0 Å². The second-order valence-corrected chi connectivity index (χ2v) is 3.68. The Hall–Kier alpha value is -2.19. The van der Waals surface area contributed by atoms with E-state index in [2.05, 4.69) is 4.74 Å². The lowest BCUT2D eigenvalue weighted by atomic mass is 10.2. The van der Waals surface area contributed by atoms with Crippen LogP contribution in [0.2, 0.25) is 0 Å². The maximum atomic E-state index is 11.5. The first-order valence-electron chi connectivity index (χ1n) is 5.60. The van der Waals surface area contributed by atoms with Gasteiger partial charge in [0.05, 0.1) is 14.2 Å². The molecule has 0 saturated heterocycles. The molecule has 1 rings (SSSR count). The average molecular weight is 282 g/mol. The molecule has 20 heavy (non-hydrogen) atoms. The summed E-state index contributed by atoms with van der Waals surface area (Å²) in [6.45, 7) is 1.75. The van der Waals surface area contributed by atoms with Gasteiger partial charge in [-0.2, -0.15) is 0 Å². The summed E-state index contributed by atoms with van der Waals surface area (Å²) in [6.07, 6.45) is 1.10. The van der Waals surface area contributed by atoms with E-state index >= 15 is 0 Å². The van der Waals surface area contributed by atoms with Crippen LogP contribution in [0.4, 0.5) is 0 Å². The molecular formula is C12H15BO7. The number of hydrogen-bond donors (Lipinski definition) is 2. The molecular weight excluding hydrogens is 267 g/mol. The van der Waals surface area contributed by atoms with Crippen LogP contribution >= 0.6 is 0 Å². The molecule has 0 amide bonds. The molecule has 0 radical (unpaired) electrons. The normalized spacial score (nSPS) is 10.8. The molecule has 0 fully saturated rings. The average Bonchev–Trinajstić information content (AvgIpc) is 2.40. The first-order chi connectivity index (χ1) is 9.47. The molecule has 108 valence electrons. The number of rotatable bonds is 6. The molecule has 0 aliphatic heterocycles. The van der Waals surface area contributed by atoms with Gasteiger partial charge in [-0.1, -0.05) is 6.07 Å². The van der Waals surface area contributed by atoms with Crippen molar-refractivity contribution in [2.45, 2.75) is 6.92 Å². The van der Waals surface area contributed by atoms with E-state index in [0.717, 1.165) is 6.26 Å². The number of methoxy groups -OCH3 is 2. The third-order valence-electron chi connectivity index (χ3n) is 2.23. The predicted molar refractivity (Wildman–Crippen MR) is 69.7 cm³/mol. The highest BCUT2D eigenvalue weighted by Crippen LogP contribution is 2.26. The zero-order valence-electron chi connectivity index (χ0n) is 11.3. The number of ether oxygens (including phenoxy) is 3. The molecule has 0 heterocycles. The Labute approximate surface area is 116 Å². The molecule has 7 nitrogen and oxygen atoms in total. The maximum absolute atomic E-state index is 11.5. The summed E-state index contributed by atoms with van der Waals surface area (Å²) < 4.78 is 19.4. The number of carbonyl (C=O) groups is 1. The van der Waals surface area contributed by atoms with Gasteiger partial charge >= 0.3 is 13.3 Å². The molecule has 0 unspecified atom stereocenters. The fraction of sp³-hybridized carbons (Fsp3) is 0.250. The van der Waals surface area contributed by atoms with Crippen molar-refractivity contribution in [2.24, 2.45) is 0 Å². The van der Waals surface area contributed by atoms with Gasteiger partial charge in [0.25, 0.3) is 0 Å². The second kappa shape index (κ2) is 7.42. The van der Waals surface area contributed by atoms with Crippen molar-refractivity contribution in [1.82, 2.24) is 0 Å². The molecule has 1 aromatic rings. The minimum atomic E-state index is -1.94. The van der Waals surface area contributed by atoms with Crippen LogP contribution in [0.5, 0.6) is 11.5 Å². The van der Waals surface area contributed by atoms with Crippen LogP contribution < -0.4 is 9.39 Å². The van der Waals surface area contributed by atoms with E-state index in [0.29, 0.717) is 5.56 Å². The van der Waals surface area contributed by atoms with E-state index in [9.17, 15) is 4.79 Å². The lowest BCUT2D eigenvalue weighted by Crippen LogP contribution is -2.20. The number of esters is 1. The number of hydrogen-bond acceptors (Lipinski definition) is 7. The van der Waals surface area contributed by atoms with Crippen LogP contribution in [-0.2, 0) is 14.3 Å². The van der Waals surface area contributed by atoms with Gasteiger partial charge in [-0.05, 0) is 18.6 Å². The van der Waals surface area contributed by atoms with E-state index < -0.39 is 13.3 Å². The van der Waals surface area contributed by atoms with Crippen LogP contribution in [0.1, 0.15) is 5.56 Å². The van der Waals surface area contributed by atoms with Crippen LogP contribution in [-0.4, -0.2) is 37.6 Å². The van der Waals surface area contributed by atoms with Crippen molar-refractivity contribution >= 4 is 13.3 Å². The monoisotopic (exact) mass is 282 g/mol. The minimum absolute atomic E-state index is 0.153. The van der Waals surface area contributed by atoms with Gasteiger partial charge in [0.1, 0.15) is 17.8 Å². The summed E-state index contributed by atoms with van der Waals surface area (Å²) in [5, 5.41) is 17.5. The third-order valence-corrected chi connectivity index (χ3v) is 2.23. The number of aryl methyl sites for hydroxylation is 1. The summed E-state index contributed by atoms with van der Waals surface area (Å²) >= 11 is 0. The molecule has 0 bridgehead atoms. The lowest BCUT2D eigenvalue weighted by Gasteiger charge is -2.12. The minimum Gasteiger partial charge on any atom is -0.512 e. The van der Waals surface area contributed by atoms with Crippen molar-refractivity contribution in [3.63, 3.8) is 0 Å². The van der Waals surface area contributed by atoms with Crippen LogP contribution in [0.3, 0.4) is 0 Å². The Balaban J connectivity index is 2.99. The second-order valence-electron chi connectivity index (χ2n) is 3.68. The fourth-order valence-corrected chi connectivity index (χ4v) is 1.33. The van der Waals surface area contributed by atoms with Crippen LogP contribution in [0.25, 0.3) is 0 Å². The van der Waals surface area contributed by atoms with Gasteiger partial charge in [0.2, 0.25) is 5.76 Å².